The monoisotopic (exact) mass is 337 g/mol. The normalized spacial score (nSPS) is 11.8. The third-order valence-corrected chi connectivity index (χ3v) is 3.81. The number of esters is 1. The first-order valence-corrected chi connectivity index (χ1v) is 8.78. The number of unbranched alkanes of at least 4 members (excludes halogenated alkanes) is 6. The Morgan fingerprint density at radius 2 is 1.71 bits per heavy atom. The fourth-order valence-electron chi connectivity index (χ4n) is 2.34. The van der Waals surface area contributed by atoms with Crippen LogP contribution in [0.4, 0.5) is 4.39 Å². The van der Waals surface area contributed by atoms with Gasteiger partial charge in [0.1, 0.15) is 11.9 Å². The molecule has 0 aromatic heterocycles. The smallest absolute Gasteiger partial charge is 0.328 e. The maximum absolute atomic E-state index is 13.5. The largest absolute Gasteiger partial charge is 0.464 e. The third kappa shape index (κ3) is 7.57. The van der Waals surface area contributed by atoms with Gasteiger partial charge in [-0.05, 0) is 25.5 Å². The van der Waals surface area contributed by atoms with Gasteiger partial charge in [-0.15, -0.1) is 0 Å². The highest BCUT2D eigenvalue weighted by molar-refractivity contribution is 5.96. The van der Waals surface area contributed by atoms with Gasteiger partial charge in [-0.3, -0.25) is 4.79 Å². The molecule has 0 saturated heterocycles. The molecule has 0 saturated carbocycles. The van der Waals surface area contributed by atoms with Gasteiger partial charge < -0.3 is 10.1 Å². The second-order valence-corrected chi connectivity index (χ2v) is 5.96. The summed E-state index contributed by atoms with van der Waals surface area (Å²) >= 11 is 0. The molecule has 24 heavy (non-hydrogen) atoms. The van der Waals surface area contributed by atoms with Crippen molar-refractivity contribution in [1.82, 2.24) is 5.32 Å². The minimum atomic E-state index is -0.804. The fourth-order valence-corrected chi connectivity index (χ4v) is 2.34. The van der Waals surface area contributed by atoms with Gasteiger partial charge in [0.2, 0.25) is 0 Å². The van der Waals surface area contributed by atoms with Crippen LogP contribution in [0.2, 0.25) is 0 Å². The molecule has 134 valence electrons. The highest BCUT2D eigenvalue weighted by Crippen LogP contribution is 2.08. The molecule has 0 spiro atoms. The van der Waals surface area contributed by atoms with E-state index < -0.39 is 23.7 Å². The zero-order valence-corrected chi connectivity index (χ0v) is 14.6. The highest BCUT2D eigenvalue weighted by Gasteiger charge is 2.19. The Kier molecular flexibility index (Phi) is 9.73. The minimum Gasteiger partial charge on any atom is -0.464 e. The summed E-state index contributed by atoms with van der Waals surface area (Å²) in [7, 11) is 0. The van der Waals surface area contributed by atoms with Crippen molar-refractivity contribution in [2.45, 2.75) is 64.8 Å². The van der Waals surface area contributed by atoms with Crippen molar-refractivity contribution in [3.05, 3.63) is 35.6 Å². The minimum absolute atomic E-state index is 0.0794. The summed E-state index contributed by atoms with van der Waals surface area (Å²) in [6, 6.07) is 4.86. The molecule has 4 nitrogen and oxygen atoms in total. The van der Waals surface area contributed by atoms with Gasteiger partial charge in [-0.1, -0.05) is 57.6 Å². The summed E-state index contributed by atoms with van der Waals surface area (Å²) in [5.41, 5.74) is -0.0794. The first-order valence-electron chi connectivity index (χ1n) is 8.78. The van der Waals surface area contributed by atoms with E-state index in [2.05, 4.69) is 12.2 Å². The molecule has 0 aliphatic rings. The number of hydrogen-bond acceptors (Lipinski definition) is 3. The molecule has 1 N–H and O–H groups in total. The van der Waals surface area contributed by atoms with Gasteiger partial charge in [-0.2, -0.15) is 0 Å². The van der Waals surface area contributed by atoms with E-state index in [1.807, 2.05) is 0 Å². The Balaban J connectivity index is 2.21. The fraction of sp³-hybridized carbons (Fsp3) is 0.579. The van der Waals surface area contributed by atoms with E-state index in [9.17, 15) is 14.0 Å². The summed E-state index contributed by atoms with van der Waals surface area (Å²) in [5.74, 6) is -1.72. The second-order valence-electron chi connectivity index (χ2n) is 5.96. The molecule has 0 aliphatic carbocycles. The zero-order chi connectivity index (χ0) is 17.8. The van der Waals surface area contributed by atoms with Crippen LogP contribution >= 0.6 is 0 Å². The molecule has 0 heterocycles. The van der Waals surface area contributed by atoms with Crippen LogP contribution in [0.3, 0.4) is 0 Å². The summed E-state index contributed by atoms with van der Waals surface area (Å²) in [4.78, 5) is 23.8. The van der Waals surface area contributed by atoms with Crippen LogP contribution in [0.1, 0.15) is 69.2 Å². The lowest BCUT2D eigenvalue weighted by Crippen LogP contribution is -2.40. The standard InChI is InChI=1S/C19H28FNO3/c1-3-4-5-6-7-8-11-14-24-19(23)15(2)21-18(22)16-12-9-10-13-17(16)20/h9-10,12-13,15H,3-8,11,14H2,1-2H3,(H,21,22)/t15-/m0/s1. The number of carbonyl (C=O) groups is 2. The number of amides is 1. The summed E-state index contributed by atoms with van der Waals surface area (Å²) in [6.07, 6.45) is 7.99. The molecular formula is C19H28FNO3. The predicted octanol–water partition coefficient (Wildman–Crippen LogP) is 4.24. The number of carbonyl (C=O) groups excluding carboxylic acids is 2. The number of hydrogen-bond donors (Lipinski definition) is 1. The number of ether oxygens (including phenoxy) is 1. The van der Waals surface area contributed by atoms with Crippen LogP contribution in [0.5, 0.6) is 0 Å². The lowest BCUT2D eigenvalue weighted by Gasteiger charge is -2.13. The molecule has 0 radical (unpaired) electrons. The van der Waals surface area contributed by atoms with E-state index >= 15 is 0 Å². The van der Waals surface area contributed by atoms with Gasteiger partial charge >= 0.3 is 5.97 Å². The molecule has 1 rings (SSSR count). The van der Waals surface area contributed by atoms with Crippen molar-refractivity contribution in [3.63, 3.8) is 0 Å². The van der Waals surface area contributed by atoms with E-state index in [4.69, 9.17) is 4.74 Å². The maximum Gasteiger partial charge on any atom is 0.328 e. The Labute approximate surface area is 143 Å². The lowest BCUT2D eigenvalue weighted by atomic mass is 10.1. The third-order valence-electron chi connectivity index (χ3n) is 3.81. The van der Waals surface area contributed by atoms with Gasteiger partial charge in [0, 0.05) is 0 Å². The van der Waals surface area contributed by atoms with Crippen molar-refractivity contribution in [1.29, 1.82) is 0 Å². The van der Waals surface area contributed by atoms with E-state index in [-0.39, 0.29) is 5.56 Å². The van der Waals surface area contributed by atoms with Crippen LogP contribution in [0, 0.1) is 5.82 Å². The summed E-state index contributed by atoms with van der Waals surface area (Å²) in [5, 5.41) is 2.46. The molecule has 5 heteroatoms. The highest BCUT2D eigenvalue weighted by atomic mass is 19.1. The summed E-state index contributed by atoms with van der Waals surface area (Å²) < 4.78 is 18.7. The van der Waals surface area contributed by atoms with Gasteiger partial charge in [0.05, 0.1) is 12.2 Å². The van der Waals surface area contributed by atoms with Gasteiger partial charge in [-0.25, -0.2) is 9.18 Å². The van der Waals surface area contributed by atoms with Crippen molar-refractivity contribution < 1.29 is 18.7 Å². The van der Waals surface area contributed by atoms with Crippen LogP contribution in [0.15, 0.2) is 24.3 Å². The predicted molar refractivity (Wildman–Crippen MR) is 92.3 cm³/mol. The number of benzene rings is 1. The van der Waals surface area contributed by atoms with E-state index in [1.165, 1.54) is 50.8 Å². The number of halogens is 1. The Hall–Kier alpha value is -1.91. The average molecular weight is 337 g/mol. The lowest BCUT2D eigenvalue weighted by molar-refractivity contribution is -0.145. The molecule has 1 amide bonds. The molecule has 1 aromatic rings. The van der Waals surface area contributed by atoms with Crippen molar-refractivity contribution in [2.24, 2.45) is 0 Å². The summed E-state index contributed by atoms with van der Waals surface area (Å²) in [6.45, 7) is 4.07. The number of rotatable bonds is 11. The number of nitrogens with one attached hydrogen (secondary N) is 1. The average Bonchev–Trinajstić information content (AvgIpc) is 2.57. The quantitative estimate of drug-likeness (QED) is 0.485. The molecule has 0 fully saturated rings. The van der Waals surface area contributed by atoms with E-state index in [0.29, 0.717) is 6.61 Å². The molecule has 0 bridgehead atoms. The Morgan fingerprint density at radius 1 is 1.08 bits per heavy atom. The second kappa shape index (κ2) is 11.6. The van der Waals surface area contributed by atoms with Crippen molar-refractivity contribution in [2.75, 3.05) is 6.61 Å². The Morgan fingerprint density at radius 3 is 2.38 bits per heavy atom. The topological polar surface area (TPSA) is 55.4 Å². The zero-order valence-electron chi connectivity index (χ0n) is 14.6. The van der Waals surface area contributed by atoms with Crippen molar-refractivity contribution >= 4 is 11.9 Å². The van der Waals surface area contributed by atoms with Crippen LogP contribution < -0.4 is 5.32 Å². The van der Waals surface area contributed by atoms with E-state index in [1.54, 1.807) is 6.07 Å². The van der Waals surface area contributed by atoms with Gasteiger partial charge in [0.15, 0.2) is 0 Å². The van der Waals surface area contributed by atoms with Crippen molar-refractivity contribution in [3.8, 4) is 0 Å². The molecule has 1 atom stereocenters. The first kappa shape index (κ1) is 20.1. The molecule has 1 aromatic carbocycles. The molecular weight excluding hydrogens is 309 g/mol. The Bertz CT molecular complexity index is 519. The molecule has 0 unspecified atom stereocenters. The SMILES string of the molecule is CCCCCCCCCOC(=O)[C@H](C)NC(=O)c1ccccc1F. The van der Waals surface area contributed by atoms with E-state index in [0.717, 1.165) is 19.3 Å². The molecule has 0 aliphatic heterocycles. The van der Waals surface area contributed by atoms with Crippen LogP contribution in [-0.4, -0.2) is 24.5 Å². The maximum atomic E-state index is 13.5. The van der Waals surface area contributed by atoms with Crippen LogP contribution in [-0.2, 0) is 9.53 Å². The first-order chi connectivity index (χ1) is 11.6. The van der Waals surface area contributed by atoms with Crippen LogP contribution in [0.25, 0.3) is 0 Å². The van der Waals surface area contributed by atoms with Gasteiger partial charge in [0.25, 0.3) is 5.91 Å².